The highest BCUT2D eigenvalue weighted by atomic mass is 35.5. The summed E-state index contributed by atoms with van der Waals surface area (Å²) in [7, 11) is -0.196. The normalized spacial score (nSPS) is 9.80. The van der Waals surface area contributed by atoms with Gasteiger partial charge in [-0.3, -0.25) is 0 Å². The second-order valence-corrected chi connectivity index (χ2v) is 5.70. The third kappa shape index (κ3) is 6.12. The minimum Gasteiger partial charge on any atom is -0.198 e. The van der Waals surface area contributed by atoms with E-state index < -0.39 is 0 Å². The zero-order valence-electron chi connectivity index (χ0n) is 6.36. The first-order chi connectivity index (χ1) is 4.81. The lowest BCUT2D eigenvalue weighted by Gasteiger charge is -2.03. The zero-order chi connectivity index (χ0) is 7.82. The van der Waals surface area contributed by atoms with Crippen molar-refractivity contribution >= 4 is 20.4 Å². The van der Waals surface area contributed by atoms with E-state index in [9.17, 15) is 0 Å². The van der Waals surface area contributed by atoms with Gasteiger partial charge in [0.25, 0.3) is 0 Å². The van der Waals surface area contributed by atoms with E-state index in [2.05, 4.69) is 12.6 Å². The number of nitrogens with zero attached hydrogens (tertiary/aromatic N) is 1. The quantitative estimate of drug-likeness (QED) is 0.357. The van der Waals surface area contributed by atoms with Crippen LogP contribution in [-0.4, -0.2) is 14.7 Å². The lowest BCUT2D eigenvalue weighted by atomic mass is 10.4. The Balaban J connectivity index is 3.06. The largest absolute Gasteiger partial charge is 0.198 e. The van der Waals surface area contributed by atoms with Crippen LogP contribution in [0.25, 0.3) is 0 Å². The maximum absolute atomic E-state index is 8.24. The Morgan fingerprint density at radius 1 is 1.50 bits per heavy atom. The molecule has 0 atom stereocenters. The zero-order valence-corrected chi connectivity index (χ0v) is 8.12. The van der Waals surface area contributed by atoms with Gasteiger partial charge in [0, 0.05) is 21.1 Å². The molecule has 0 unspecified atom stereocenters. The second-order valence-electron chi connectivity index (χ2n) is 2.41. The molecule has 0 N–H and O–H groups in total. The third-order valence-electron chi connectivity index (χ3n) is 1.41. The Morgan fingerprint density at radius 2 is 2.20 bits per heavy atom. The monoisotopic (exact) mass is 174 g/mol. The molecule has 0 aliphatic carbocycles. The molecule has 10 heavy (non-hydrogen) atoms. The van der Waals surface area contributed by atoms with Gasteiger partial charge in [-0.25, -0.2) is 0 Å². The molecule has 0 spiro atoms. The van der Waals surface area contributed by atoms with Crippen molar-refractivity contribution in [3.63, 3.8) is 0 Å². The maximum atomic E-state index is 8.24. The Bertz CT molecular complexity index is 111. The molecule has 3 heteroatoms. The van der Waals surface area contributed by atoms with E-state index in [-0.39, 0.29) is 8.80 Å². The Hall–Kier alpha value is -0.00312. The van der Waals surface area contributed by atoms with Crippen molar-refractivity contribution in [1.29, 1.82) is 5.26 Å². The molecule has 0 aliphatic rings. The van der Waals surface area contributed by atoms with E-state index in [1.807, 2.05) is 0 Å². The highest BCUT2D eigenvalue weighted by Crippen LogP contribution is 2.05. The summed E-state index contributed by atoms with van der Waals surface area (Å²) in [5.74, 6) is 0.789. The fourth-order valence-corrected chi connectivity index (χ4v) is 3.08. The minimum atomic E-state index is -0.196. The highest BCUT2D eigenvalue weighted by Gasteiger charge is 2.01. The Morgan fingerprint density at radius 3 is 2.70 bits per heavy atom. The molecule has 0 aromatic carbocycles. The molecule has 57 valence electrons. The maximum Gasteiger partial charge on any atom is 0.0621 e. The highest BCUT2D eigenvalue weighted by molar-refractivity contribution is 6.58. The third-order valence-corrected chi connectivity index (χ3v) is 4.23. The van der Waals surface area contributed by atoms with E-state index in [0.717, 1.165) is 12.3 Å². The fraction of sp³-hybridized carbons (Fsp3) is 0.857. The van der Waals surface area contributed by atoms with Crippen molar-refractivity contribution < 1.29 is 0 Å². The number of hydrogen-bond donors (Lipinski definition) is 0. The van der Waals surface area contributed by atoms with Crippen LogP contribution in [0.15, 0.2) is 0 Å². The molecule has 0 amide bonds. The Kier molecular flexibility index (Phi) is 7.11. The topological polar surface area (TPSA) is 23.8 Å². The molecule has 0 rings (SSSR count). The van der Waals surface area contributed by atoms with Crippen LogP contribution in [0.3, 0.4) is 0 Å². The average Bonchev–Trinajstić information content (AvgIpc) is 1.89. The number of rotatable bonds is 5. The van der Waals surface area contributed by atoms with Crippen LogP contribution < -0.4 is 0 Å². The molecule has 0 fully saturated rings. The van der Waals surface area contributed by atoms with E-state index in [1.165, 1.54) is 12.1 Å². The smallest absolute Gasteiger partial charge is 0.0621 e. The first-order valence-electron chi connectivity index (χ1n) is 3.55. The van der Waals surface area contributed by atoms with E-state index >= 15 is 0 Å². The van der Waals surface area contributed by atoms with Crippen molar-refractivity contribution in [2.24, 2.45) is 0 Å². The molecule has 0 saturated carbocycles. The first-order valence-corrected chi connectivity index (χ1v) is 6.50. The fourth-order valence-electron chi connectivity index (χ4n) is 0.756. The van der Waals surface area contributed by atoms with Gasteiger partial charge in [0.1, 0.15) is 0 Å². The van der Waals surface area contributed by atoms with Gasteiger partial charge in [0.2, 0.25) is 0 Å². The molecular formula is C7H13ClNSi. The summed E-state index contributed by atoms with van der Waals surface area (Å²) < 4.78 is 0. The second kappa shape index (κ2) is 7.11. The average molecular weight is 175 g/mol. The summed E-state index contributed by atoms with van der Waals surface area (Å²) in [6, 6.07) is 4.57. The first kappa shape index (κ1) is 10.00. The molecule has 0 bridgehead atoms. The number of hydrogen-bond acceptors (Lipinski definition) is 1. The van der Waals surface area contributed by atoms with Crippen molar-refractivity contribution in [2.45, 2.75) is 31.5 Å². The molecule has 1 nitrogen and oxygen atoms in total. The number of unbranched alkanes of at least 4 members (excludes halogenated alkanes) is 1. The molecule has 0 aliphatic heterocycles. The van der Waals surface area contributed by atoms with Crippen LogP contribution in [0.2, 0.25) is 18.6 Å². The van der Waals surface area contributed by atoms with Crippen LogP contribution in [0.1, 0.15) is 12.8 Å². The lowest BCUT2D eigenvalue weighted by molar-refractivity contribution is 0.948. The standard InChI is InChI=1S/C7H13ClNSi/c1-10(7-4-8)6-3-2-5-9/h2-4,6-7H2,1H3. The lowest BCUT2D eigenvalue weighted by Crippen LogP contribution is -2.05. The summed E-state index contributed by atoms with van der Waals surface area (Å²) in [6.45, 7) is 2.28. The van der Waals surface area contributed by atoms with Gasteiger partial charge in [-0.2, -0.15) is 5.26 Å². The van der Waals surface area contributed by atoms with E-state index in [1.54, 1.807) is 0 Å². The van der Waals surface area contributed by atoms with Crippen molar-refractivity contribution in [3.05, 3.63) is 0 Å². The predicted octanol–water partition coefficient (Wildman–Crippen LogP) is 2.65. The van der Waals surface area contributed by atoms with Crippen LogP contribution in [0.5, 0.6) is 0 Å². The summed E-state index contributed by atoms with van der Waals surface area (Å²) in [5.41, 5.74) is 0. The molecule has 0 heterocycles. The predicted molar refractivity (Wildman–Crippen MR) is 46.8 cm³/mol. The number of alkyl halides is 1. The SMILES string of the molecule is C[Si](CCCl)CCCC#N. The van der Waals surface area contributed by atoms with Gasteiger partial charge >= 0.3 is 0 Å². The molecular weight excluding hydrogens is 162 g/mol. The molecule has 1 radical (unpaired) electrons. The van der Waals surface area contributed by atoms with Crippen molar-refractivity contribution in [1.82, 2.24) is 0 Å². The van der Waals surface area contributed by atoms with Crippen LogP contribution in [0, 0.1) is 11.3 Å². The van der Waals surface area contributed by atoms with E-state index in [0.29, 0.717) is 6.42 Å². The van der Waals surface area contributed by atoms with Gasteiger partial charge < -0.3 is 0 Å². The number of halogens is 1. The number of nitriles is 1. The van der Waals surface area contributed by atoms with Crippen LogP contribution in [-0.2, 0) is 0 Å². The minimum absolute atomic E-state index is 0.196. The van der Waals surface area contributed by atoms with Crippen molar-refractivity contribution in [3.8, 4) is 6.07 Å². The van der Waals surface area contributed by atoms with Gasteiger partial charge in [0.05, 0.1) is 6.07 Å². The van der Waals surface area contributed by atoms with Gasteiger partial charge in [-0.1, -0.05) is 12.6 Å². The van der Waals surface area contributed by atoms with Crippen molar-refractivity contribution in [2.75, 3.05) is 5.88 Å². The molecule has 0 aromatic heterocycles. The van der Waals surface area contributed by atoms with Crippen LogP contribution >= 0.6 is 11.6 Å². The van der Waals surface area contributed by atoms with E-state index in [4.69, 9.17) is 16.9 Å². The summed E-state index contributed by atoms with van der Waals surface area (Å²) in [4.78, 5) is 0. The summed E-state index contributed by atoms with van der Waals surface area (Å²) >= 11 is 5.57. The Labute approximate surface area is 69.6 Å². The van der Waals surface area contributed by atoms with Gasteiger partial charge in [-0.15, -0.1) is 11.6 Å². The molecule has 0 aromatic rings. The van der Waals surface area contributed by atoms with Gasteiger partial charge in [-0.05, 0) is 12.5 Å². The summed E-state index contributed by atoms with van der Waals surface area (Å²) in [6.07, 6.45) is 1.78. The summed E-state index contributed by atoms with van der Waals surface area (Å²) in [5, 5.41) is 8.24. The molecule has 0 saturated heterocycles. The van der Waals surface area contributed by atoms with Crippen LogP contribution in [0.4, 0.5) is 0 Å². The van der Waals surface area contributed by atoms with Gasteiger partial charge in [0.15, 0.2) is 0 Å².